The summed E-state index contributed by atoms with van der Waals surface area (Å²) >= 11 is 12.6. The summed E-state index contributed by atoms with van der Waals surface area (Å²) in [5.41, 5.74) is 0.855. The van der Waals surface area contributed by atoms with E-state index in [0.717, 1.165) is 5.56 Å². The first kappa shape index (κ1) is 23.6. The second kappa shape index (κ2) is 7.99. The van der Waals surface area contributed by atoms with Crippen molar-refractivity contribution in [3.63, 3.8) is 0 Å². The smallest absolute Gasteiger partial charge is 0.266 e. The van der Waals surface area contributed by atoms with Crippen molar-refractivity contribution in [1.82, 2.24) is 14.9 Å². The maximum Gasteiger partial charge on any atom is 0.266 e. The van der Waals surface area contributed by atoms with Crippen LogP contribution in [0, 0.1) is 17.8 Å². The van der Waals surface area contributed by atoms with E-state index in [1.165, 1.54) is 11.0 Å². The number of amides is 2. The second-order valence-electron chi connectivity index (χ2n) is 10.4. The molecule has 3 aliphatic heterocycles. The molecule has 1 spiro atoms. The van der Waals surface area contributed by atoms with Crippen LogP contribution in [-0.4, -0.2) is 27.4 Å². The fourth-order valence-corrected chi connectivity index (χ4v) is 7.12. The van der Waals surface area contributed by atoms with Crippen LogP contribution in [0.5, 0.6) is 0 Å². The number of nitrogens with one attached hydrogen (secondary N) is 1. The zero-order valence-corrected chi connectivity index (χ0v) is 22.0. The van der Waals surface area contributed by atoms with Crippen molar-refractivity contribution < 1.29 is 9.59 Å². The minimum absolute atomic E-state index is 0.00709. The van der Waals surface area contributed by atoms with Gasteiger partial charge in [0.1, 0.15) is 11.4 Å². The highest BCUT2D eigenvalue weighted by Crippen LogP contribution is 2.56. The number of halogens is 2. The third-order valence-electron chi connectivity index (χ3n) is 8.17. The SMILES string of the molecule is CC(C)C1NC2(c3ccccc3-n3c2nc2ccccc2c3=O)C2C(=O)N(c3ccc(Cl)cc3Cl)C(=O)C12. The van der Waals surface area contributed by atoms with Crippen molar-refractivity contribution in [1.29, 1.82) is 0 Å². The molecule has 0 radical (unpaired) electrons. The van der Waals surface area contributed by atoms with Crippen LogP contribution >= 0.6 is 23.2 Å². The zero-order chi connectivity index (χ0) is 26.5. The molecular weight excluding hydrogens is 523 g/mol. The first-order valence-corrected chi connectivity index (χ1v) is 13.2. The number of para-hydroxylation sites is 2. The zero-order valence-electron chi connectivity index (χ0n) is 20.5. The van der Waals surface area contributed by atoms with Crippen molar-refractivity contribution in [2.45, 2.75) is 25.4 Å². The standard InChI is InChI=1S/C29H22Cl2N4O3/c1-14(2)24-22-23(27(38)34(26(22)37)21-12-11-15(30)13-18(21)31)29(33-24)17-8-4-6-10-20(17)35-25(36)16-7-3-5-9-19(16)32-28(29)35/h3-14,22-24,33H,1-2H3. The van der Waals surface area contributed by atoms with Gasteiger partial charge in [-0.2, -0.15) is 0 Å². The molecule has 9 heteroatoms. The summed E-state index contributed by atoms with van der Waals surface area (Å²) in [6, 6.07) is 19.1. The first-order valence-electron chi connectivity index (χ1n) is 12.5. The van der Waals surface area contributed by atoms with Crippen molar-refractivity contribution in [2.24, 2.45) is 17.8 Å². The van der Waals surface area contributed by atoms with E-state index in [-0.39, 0.29) is 34.4 Å². The lowest BCUT2D eigenvalue weighted by Crippen LogP contribution is -2.51. The molecule has 3 aliphatic rings. The molecule has 2 fully saturated rings. The maximum absolute atomic E-state index is 14.4. The number of anilines is 1. The molecular formula is C29H22Cl2N4O3. The van der Waals surface area contributed by atoms with Gasteiger partial charge in [0.25, 0.3) is 5.56 Å². The highest BCUT2D eigenvalue weighted by atomic mass is 35.5. The molecule has 4 unspecified atom stereocenters. The predicted octanol–water partition coefficient (Wildman–Crippen LogP) is 4.68. The van der Waals surface area contributed by atoms with Gasteiger partial charge >= 0.3 is 0 Å². The number of rotatable bonds is 2. The molecule has 3 aromatic carbocycles. The maximum atomic E-state index is 14.4. The van der Waals surface area contributed by atoms with E-state index in [4.69, 9.17) is 28.2 Å². The summed E-state index contributed by atoms with van der Waals surface area (Å²) in [6.07, 6.45) is 0. The number of carbonyl (C=O) groups excluding carboxylic acids is 2. The third-order valence-corrected chi connectivity index (χ3v) is 8.70. The Morgan fingerprint density at radius 3 is 2.42 bits per heavy atom. The highest BCUT2D eigenvalue weighted by molar-refractivity contribution is 6.38. The molecule has 2 amide bonds. The highest BCUT2D eigenvalue weighted by Gasteiger charge is 2.70. The molecule has 0 aliphatic carbocycles. The predicted molar refractivity (Wildman–Crippen MR) is 146 cm³/mol. The molecule has 38 heavy (non-hydrogen) atoms. The fraction of sp³-hybridized carbons (Fsp3) is 0.241. The van der Waals surface area contributed by atoms with Crippen LogP contribution in [0.4, 0.5) is 5.69 Å². The van der Waals surface area contributed by atoms with Gasteiger partial charge in [0.15, 0.2) is 0 Å². The van der Waals surface area contributed by atoms with Gasteiger partial charge in [-0.25, -0.2) is 9.88 Å². The van der Waals surface area contributed by atoms with E-state index in [1.807, 2.05) is 44.2 Å². The molecule has 7 rings (SSSR count). The van der Waals surface area contributed by atoms with Crippen molar-refractivity contribution in [3.05, 3.63) is 98.5 Å². The molecule has 4 atom stereocenters. The number of benzene rings is 3. The largest absolute Gasteiger partial charge is 0.296 e. The lowest BCUT2D eigenvalue weighted by Gasteiger charge is -2.32. The molecule has 1 N–H and O–H groups in total. The molecule has 2 saturated heterocycles. The van der Waals surface area contributed by atoms with Gasteiger partial charge in [-0.1, -0.05) is 67.4 Å². The normalized spacial score (nSPS) is 25.5. The van der Waals surface area contributed by atoms with Crippen LogP contribution in [0.15, 0.2) is 71.5 Å². The van der Waals surface area contributed by atoms with Crippen molar-refractivity contribution >= 4 is 51.6 Å². The Bertz CT molecular complexity index is 1770. The van der Waals surface area contributed by atoms with Gasteiger partial charge < -0.3 is 0 Å². The van der Waals surface area contributed by atoms with E-state index < -0.39 is 17.4 Å². The Kier molecular flexibility index (Phi) is 4.96. The van der Waals surface area contributed by atoms with Crippen LogP contribution in [0.3, 0.4) is 0 Å². The lowest BCUT2D eigenvalue weighted by molar-refractivity contribution is -0.123. The summed E-state index contributed by atoms with van der Waals surface area (Å²) in [5.74, 6) is -1.80. The number of carbonyl (C=O) groups is 2. The van der Waals surface area contributed by atoms with Crippen molar-refractivity contribution in [3.8, 4) is 5.69 Å². The van der Waals surface area contributed by atoms with Gasteiger partial charge in [0.05, 0.1) is 39.1 Å². The average molecular weight is 545 g/mol. The molecule has 1 aromatic heterocycles. The van der Waals surface area contributed by atoms with Gasteiger partial charge in [0.2, 0.25) is 11.8 Å². The summed E-state index contributed by atoms with van der Waals surface area (Å²) in [6.45, 7) is 4.04. The topological polar surface area (TPSA) is 84.3 Å². The number of hydrogen-bond acceptors (Lipinski definition) is 5. The van der Waals surface area contributed by atoms with Crippen LogP contribution in [-0.2, 0) is 15.1 Å². The number of hydrogen-bond donors (Lipinski definition) is 1. The Balaban J connectivity index is 1.53. The molecule has 0 bridgehead atoms. The molecule has 7 nitrogen and oxygen atoms in total. The first-order chi connectivity index (χ1) is 18.3. The molecule has 4 heterocycles. The van der Waals surface area contributed by atoms with Crippen LogP contribution in [0.25, 0.3) is 16.6 Å². The minimum atomic E-state index is -1.18. The molecule has 190 valence electrons. The quantitative estimate of drug-likeness (QED) is 0.370. The fourth-order valence-electron chi connectivity index (χ4n) is 6.62. The Hall–Kier alpha value is -3.52. The number of nitrogens with zero attached hydrogens (tertiary/aromatic N) is 3. The minimum Gasteiger partial charge on any atom is -0.296 e. The van der Waals surface area contributed by atoms with Gasteiger partial charge in [-0.3, -0.25) is 24.3 Å². The summed E-state index contributed by atoms with van der Waals surface area (Å²) in [5, 5.41) is 4.80. The van der Waals surface area contributed by atoms with Crippen molar-refractivity contribution in [2.75, 3.05) is 4.90 Å². The van der Waals surface area contributed by atoms with Crippen LogP contribution in [0.1, 0.15) is 25.2 Å². The van der Waals surface area contributed by atoms with Crippen LogP contribution < -0.4 is 15.8 Å². The Labute approximate surface area is 228 Å². The van der Waals surface area contributed by atoms with E-state index in [1.54, 1.807) is 34.9 Å². The molecule has 0 saturated carbocycles. The summed E-state index contributed by atoms with van der Waals surface area (Å²) in [4.78, 5) is 48.5. The Morgan fingerprint density at radius 1 is 0.921 bits per heavy atom. The monoisotopic (exact) mass is 544 g/mol. The molecule has 4 aromatic rings. The third kappa shape index (κ3) is 2.84. The Morgan fingerprint density at radius 2 is 1.66 bits per heavy atom. The lowest BCUT2D eigenvalue weighted by atomic mass is 9.75. The van der Waals surface area contributed by atoms with Gasteiger partial charge in [0, 0.05) is 16.6 Å². The van der Waals surface area contributed by atoms with E-state index in [9.17, 15) is 14.4 Å². The number of imide groups is 1. The number of aromatic nitrogens is 2. The van der Waals surface area contributed by atoms with E-state index >= 15 is 0 Å². The van der Waals surface area contributed by atoms with Gasteiger partial charge in [-0.05, 0) is 42.3 Å². The number of fused-ring (bicyclic) bond motifs is 8. The average Bonchev–Trinajstić information content (AvgIpc) is 3.49. The summed E-state index contributed by atoms with van der Waals surface area (Å²) in [7, 11) is 0. The van der Waals surface area contributed by atoms with Crippen LogP contribution in [0.2, 0.25) is 10.0 Å². The van der Waals surface area contributed by atoms with Gasteiger partial charge in [-0.15, -0.1) is 0 Å². The second-order valence-corrected chi connectivity index (χ2v) is 11.3. The van der Waals surface area contributed by atoms with E-state index in [0.29, 0.717) is 33.1 Å². The summed E-state index contributed by atoms with van der Waals surface area (Å²) < 4.78 is 1.60. The van der Waals surface area contributed by atoms with E-state index in [2.05, 4.69) is 5.32 Å².